The van der Waals surface area contributed by atoms with Gasteiger partial charge >= 0.3 is 0 Å². The van der Waals surface area contributed by atoms with Crippen molar-refractivity contribution < 1.29 is 4.79 Å². The Balaban J connectivity index is 2.10. The molecule has 2 nitrogen and oxygen atoms in total. The van der Waals surface area contributed by atoms with Gasteiger partial charge < -0.3 is 4.90 Å². The summed E-state index contributed by atoms with van der Waals surface area (Å²) in [5.41, 5.74) is 3.08. The Morgan fingerprint density at radius 3 is 2.48 bits per heavy atom. The Hall–Kier alpha value is -1.61. The van der Waals surface area contributed by atoms with E-state index in [0.717, 1.165) is 28.6 Å². The van der Waals surface area contributed by atoms with Crippen molar-refractivity contribution in [1.82, 2.24) is 4.90 Å². The zero-order valence-corrected chi connectivity index (χ0v) is 14.1. The van der Waals surface area contributed by atoms with Gasteiger partial charge in [0.1, 0.15) is 0 Å². The first kappa shape index (κ1) is 15.8. The second-order valence-corrected chi connectivity index (χ2v) is 5.85. The van der Waals surface area contributed by atoms with Gasteiger partial charge in [0, 0.05) is 17.6 Å². The minimum Gasteiger partial charge on any atom is -0.339 e. The van der Waals surface area contributed by atoms with E-state index in [2.05, 4.69) is 28.1 Å². The highest BCUT2D eigenvalue weighted by molar-refractivity contribution is 9.10. The number of hydrogen-bond donors (Lipinski definition) is 0. The molecule has 2 aromatic rings. The fraction of sp³-hybridized carbons (Fsp3) is 0.278. The minimum absolute atomic E-state index is 0.0870. The average molecular weight is 346 g/mol. The van der Waals surface area contributed by atoms with Crippen LogP contribution in [0.4, 0.5) is 0 Å². The third kappa shape index (κ3) is 3.94. The van der Waals surface area contributed by atoms with Crippen LogP contribution in [0.25, 0.3) is 0 Å². The van der Waals surface area contributed by atoms with Crippen molar-refractivity contribution in [3.63, 3.8) is 0 Å². The Morgan fingerprint density at radius 2 is 1.81 bits per heavy atom. The highest BCUT2D eigenvalue weighted by Gasteiger charge is 2.17. The monoisotopic (exact) mass is 345 g/mol. The van der Waals surface area contributed by atoms with Crippen LogP contribution < -0.4 is 0 Å². The average Bonchev–Trinajstić information content (AvgIpc) is 2.51. The number of hydrogen-bond acceptors (Lipinski definition) is 1. The van der Waals surface area contributed by atoms with Crippen LogP contribution in [0.3, 0.4) is 0 Å². The van der Waals surface area contributed by atoms with Gasteiger partial charge in [0.05, 0.1) is 5.56 Å². The lowest BCUT2D eigenvalue weighted by Crippen LogP contribution is -2.33. The molecule has 1 amide bonds. The Morgan fingerprint density at radius 1 is 1.10 bits per heavy atom. The van der Waals surface area contributed by atoms with Crippen molar-refractivity contribution >= 4 is 21.8 Å². The lowest BCUT2D eigenvalue weighted by atomic mass is 10.1. The molecule has 0 aliphatic heterocycles. The number of carbonyl (C=O) groups excluding carboxylic acids is 1. The lowest BCUT2D eigenvalue weighted by molar-refractivity contribution is 0.0765. The van der Waals surface area contributed by atoms with Gasteiger partial charge in [-0.2, -0.15) is 0 Å². The maximum absolute atomic E-state index is 12.7. The predicted octanol–water partition coefficient (Wildman–Crippen LogP) is 4.46. The molecule has 0 saturated heterocycles. The Labute approximate surface area is 134 Å². The molecular weight excluding hydrogens is 326 g/mol. The number of carbonyl (C=O) groups is 1. The summed E-state index contributed by atoms with van der Waals surface area (Å²) < 4.78 is 0.896. The summed E-state index contributed by atoms with van der Waals surface area (Å²) in [7, 11) is 0. The predicted molar refractivity (Wildman–Crippen MR) is 90.6 cm³/mol. The number of likely N-dealkylation sites (N-methyl/N-ethyl adjacent to an activating group) is 1. The molecule has 0 radical (unpaired) electrons. The fourth-order valence-electron chi connectivity index (χ4n) is 2.29. The Bertz CT molecular complexity index is 610. The van der Waals surface area contributed by atoms with Crippen LogP contribution in [0.15, 0.2) is 53.0 Å². The van der Waals surface area contributed by atoms with Crippen LogP contribution in [0.1, 0.15) is 28.4 Å². The second-order valence-electron chi connectivity index (χ2n) is 5.06. The zero-order chi connectivity index (χ0) is 15.2. The van der Waals surface area contributed by atoms with E-state index in [1.54, 1.807) is 0 Å². The minimum atomic E-state index is 0.0870. The molecule has 21 heavy (non-hydrogen) atoms. The van der Waals surface area contributed by atoms with Crippen LogP contribution >= 0.6 is 15.9 Å². The number of benzene rings is 2. The van der Waals surface area contributed by atoms with E-state index in [9.17, 15) is 4.79 Å². The quantitative estimate of drug-likeness (QED) is 0.783. The summed E-state index contributed by atoms with van der Waals surface area (Å²) in [6.45, 7) is 5.47. The van der Waals surface area contributed by atoms with Crippen LogP contribution in [0, 0.1) is 6.92 Å². The maximum atomic E-state index is 12.7. The number of aryl methyl sites for hydroxylation is 1. The first-order chi connectivity index (χ1) is 10.1. The van der Waals surface area contributed by atoms with Crippen molar-refractivity contribution in [3.8, 4) is 0 Å². The first-order valence-corrected chi connectivity index (χ1v) is 8.01. The topological polar surface area (TPSA) is 20.3 Å². The Kier molecular flexibility index (Phi) is 5.57. The second kappa shape index (κ2) is 7.41. The van der Waals surface area contributed by atoms with Gasteiger partial charge in [0.2, 0.25) is 0 Å². The summed E-state index contributed by atoms with van der Waals surface area (Å²) in [5.74, 6) is 0.0870. The highest BCUT2D eigenvalue weighted by atomic mass is 79.9. The van der Waals surface area contributed by atoms with Gasteiger partial charge in [-0.05, 0) is 53.4 Å². The summed E-state index contributed by atoms with van der Waals surface area (Å²) in [6.07, 6.45) is 0.879. The van der Waals surface area contributed by atoms with E-state index in [0.29, 0.717) is 6.54 Å². The maximum Gasteiger partial charge on any atom is 0.255 e. The van der Waals surface area contributed by atoms with Crippen molar-refractivity contribution in [3.05, 3.63) is 69.7 Å². The fourth-order valence-corrected chi connectivity index (χ4v) is 2.73. The van der Waals surface area contributed by atoms with E-state index in [1.165, 1.54) is 5.56 Å². The number of nitrogens with zero attached hydrogens (tertiary/aromatic N) is 1. The van der Waals surface area contributed by atoms with Gasteiger partial charge in [0.25, 0.3) is 5.91 Å². The molecule has 110 valence electrons. The molecule has 0 atom stereocenters. The van der Waals surface area contributed by atoms with Crippen molar-refractivity contribution in [1.29, 1.82) is 0 Å². The first-order valence-electron chi connectivity index (χ1n) is 7.21. The van der Waals surface area contributed by atoms with Crippen molar-refractivity contribution in [2.24, 2.45) is 0 Å². The van der Waals surface area contributed by atoms with E-state index in [-0.39, 0.29) is 5.91 Å². The molecule has 3 heteroatoms. The molecule has 0 aliphatic carbocycles. The molecule has 0 bridgehead atoms. The third-order valence-corrected chi connectivity index (χ3v) is 4.66. The molecule has 2 rings (SSSR count). The molecule has 0 aromatic heterocycles. The van der Waals surface area contributed by atoms with Gasteiger partial charge in [-0.1, -0.05) is 42.5 Å². The van der Waals surface area contributed by atoms with Gasteiger partial charge in [-0.3, -0.25) is 4.79 Å². The molecule has 0 spiro atoms. The van der Waals surface area contributed by atoms with Gasteiger partial charge in [-0.25, -0.2) is 0 Å². The van der Waals surface area contributed by atoms with Crippen LogP contribution in [-0.4, -0.2) is 23.9 Å². The molecule has 0 aliphatic rings. The van der Waals surface area contributed by atoms with Crippen molar-refractivity contribution in [2.45, 2.75) is 20.3 Å². The zero-order valence-electron chi connectivity index (χ0n) is 12.5. The summed E-state index contributed by atoms with van der Waals surface area (Å²) in [6, 6.07) is 16.1. The molecule has 0 unspecified atom stereocenters. The highest BCUT2D eigenvalue weighted by Crippen LogP contribution is 2.22. The molecule has 0 saturated carbocycles. The number of amides is 1. The van der Waals surface area contributed by atoms with E-state index < -0.39 is 0 Å². The summed E-state index contributed by atoms with van der Waals surface area (Å²) in [4.78, 5) is 14.6. The molecule has 0 heterocycles. The molecule has 0 fully saturated rings. The normalized spacial score (nSPS) is 10.4. The summed E-state index contributed by atoms with van der Waals surface area (Å²) >= 11 is 3.53. The largest absolute Gasteiger partial charge is 0.339 e. The standard InChI is InChI=1S/C18H20BrNO/c1-3-20(13-12-15-9-5-4-6-10-15)18(21)16-11-7-8-14(2)17(16)19/h4-11H,3,12-13H2,1-2H3. The summed E-state index contributed by atoms with van der Waals surface area (Å²) in [5, 5.41) is 0. The van der Waals surface area contributed by atoms with E-state index >= 15 is 0 Å². The SMILES string of the molecule is CCN(CCc1ccccc1)C(=O)c1cccc(C)c1Br. The van der Waals surface area contributed by atoms with Crippen LogP contribution in [0.5, 0.6) is 0 Å². The molecular formula is C18H20BrNO. The molecule has 2 aromatic carbocycles. The van der Waals surface area contributed by atoms with E-state index in [4.69, 9.17) is 0 Å². The number of rotatable bonds is 5. The smallest absolute Gasteiger partial charge is 0.255 e. The van der Waals surface area contributed by atoms with Gasteiger partial charge in [0.15, 0.2) is 0 Å². The number of halogens is 1. The van der Waals surface area contributed by atoms with Gasteiger partial charge in [-0.15, -0.1) is 0 Å². The third-order valence-electron chi connectivity index (χ3n) is 3.60. The van der Waals surface area contributed by atoms with E-state index in [1.807, 2.05) is 55.1 Å². The molecule has 0 N–H and O–H groups in total. The van der Waals surface area contributed by atoms with Crippen LogP contribution in [0.2, 0.25) is 0 Å². The van der Waals surface area contributed by atoms with Crippen molar-refractivity contribution in [2.75, 3.05) is 13.1 Å². The lowest BCUT2D eigenvalue weighted by Gasteiger charge is -2.22. The van der Waals surface area contributed by atoms with Crippen LogP contribution in [-0.2, 0) is 6.42 Å².